The molecular formula is C20H16BrNO4S2. The lowest BCUT2D eigenvalue weighted by Gasteiger charge is -2.11. The minimum Gasteiger partial charge on any atom is -0.488 e. The summed E-state index contributed by atoms with van der Waals surface area (Å²) in [5, 5.41) is 8.96. The Kier molecular flexibility index (Phi) is 6.53. The van der Waals surface area contributed by atoms with E-state index in [-0.39, 0.29) is 4.32 Å². The van der Waals surface area contributed by atoms with Gasteiger partial charge in [0.2, 0.25) is 0 Å². The lowest BCUT2D eigenvalue weighted by Crippen LogP contribution is -2.33. The molecule has 1 N–H and O–H groups in total. The normalized spacial score (nSPS) is 15.4. The molecule has 0 aromatic heterocycles. The van der Waals surface area contributed by atoms with E-state index in [4.69, 9.17) is 22.1 Å². The molecule has 28 heavy (non-hydrogen) atoms. The second kappa shape index (κ2) is 8.89. The molecule has 2 aromatic carbocycles. The monoisotopic (exact) mass is 477 g/mol. The van der Waals surface area contributed by atoms with Gasteiger partial charge in [0.1, 0.15) is 23.2 Å². The molecule has 1 aliphatic heterocycles. The highest BCUT2D eigenvalue weighted by Crippen LogP contribution is 2.35. The molecular weight excluding hydrogens is 462 g/mol. The van der Waals surface area contributed by atoms with E-state index in [2.05, 4.69) is 22.0 Å². The SMILES string of the molecule is Cc1cccc(COc2ccc(Br)cc2C=C2SC(=S)N(CC(=O)O)C2=O)c1. The quantitative estimate of drug-likeness (QED) is 0.483. The Bertz CT molecular complexity index is 990. The number of carbonyl (C=O) groups excluding carboxylic acids is 1. The first-order valence-corrected chi connectivity index (χ1v) is 10.3. The van der Waals surface area contributed by atoms with Crippen molar-refractivity contribution in [3.63, 3.8) is 0 Å². The second-order valence-corrected chi connectivity index (χ2v) is 8.71. The number of thiocarbonyl (C=S) groups is 1. The average molecular weight is 478 g/mol. The van der Waals surface area contributed by atoms with Crippen LogP contribution in [-0.4, -0.2) is 32.7 Å². The van der Waals surface area contributed by atoms with Crippen LogP contribution in [0, 0.1) is 6.92 Å². The van der Waals surface area contributed by atoms with Gasteiger partial charge in [-0.25, -0.2) is 0 Å². The van der Waals surface area contributed by atoms with Gasteiger partial charge in [-0.3, -0.25) is 14.5 Å². The summed E-state index contributed by atoms with van der Waals surface area (Å²) < 4.78 is 7.04. The predicted molar refractivity (Wildman–Crippen MR) is 117 cm³/mol. The number of nitrogens with zero attached hydrogens (tertiary/aromatic N) is 1. The van der Waals surface area contributed by atoms with Gasteiger partial charge >= 0.3 is 5.97 Å². The zero-order valence-corrected chi connectivity index (χ0v) is 18.1. The van der Waals surface area contributed by atoms with Crippen molar-refractivity contribution in [2.24, 2.45) is 0 Å². The number of aliphatic carboxylic acids is 1. The highest BCUT2D eigenvalue weighted by molar-refractivity contribution is 9.10. The molecule has 144 valence electrons. The number of aryl methyl sites for hydroxylation is 1. The Morgan fingerprint density at radius 1 is 1.32 bits per heavy atom. The summed E-state index contributed by atoms with van der Waals surface area (Å²) in [5.74, 6) is -0.905. The third-order valence-electron chi connectivity index (χ3n) is 3.90. The minimum atomic E-state index is -1.11. The molecule has 1 heterocycles. The number of thioether (sulfide) groups is 1. The van der Waals surface area contributed by atoms with Gasteiger partial charge < -0.3 is 9.84 Å². The summed E-state index contributed by atoms with van der Waals surface area (Å²) in [6, 6.07) is 13.6. The number of benzene rings is 2. The Hall–Kier alpha value is -2.16. The van der Waals surface area contributed by atoms with Gasteiger partial charge in [-0.15, -0.1) is 0 Å². The fourth-order valence-corrected chi connectivity index (χ4v) is 4.26. The largest absolute Gasteiger partial charge is 0.488 e. The molecule has 0 spiro atoms. The fraction of sp³-hybridized carbons (Fsp3) is 0.150. The number of carbonyl (C=O) groups is 2. The van der Waals surface area contributed by atoms with Crippen molar-refractivity contribution in [1.82, 2.24) is 4.90 Å². The molecule has 2 aromatic rings. The molecule has 0 radical (unpaired) electrons. The van der Waals surface area contributed by atoms with Crippen LogP contribution in [0.25, 0.3) is 6.08 Å². The molecule has 1 saturated heterocycles. The van der Waals surface area contributed by atoms with Gasteiger partial charge in [-0.2, -0.15) is 0 Å². The first-order valence-electron chi connectivity index (χ1n) is 8.28. The number of rotatable bonds is 6. The molecule has 0 saturated carbocycles. The van der Waals surface area contributed by atoms with Crippen molar-refractivity contribution >= 4 is 62.2 Å². The van der Waals surface area contributed by atoms with Gasteiger partial charge in [0.15, 0.2) is 0 Å². The van der Waals surface area contributed by atoms with Gasteiger partial charge in [0.05, 0.1) is 4.91 Å². The Labute approximate surface area is 180 Å². The molecule has 1 aliphatic rings. The van der Waals surface area contributed by atoms with E-state index in [0.29, 0.717) is 22.8 Å². The first kappa shape index (κ1) is 20.6. The van der Waals surface area contributed by atoms with Crippen LogP contribution in [0.1, 0.15) is 16.7 Å². The first-order chi connectivity index (χ1) is 13.3. The van der Waals surface area contributed by atoms with Crippen LogP contribution in [0.2, 0.25) is 0 Å². The Morgan fingerprint density at radius 2 is 2.11 bits per heavy atom. The molecule has 0 aliphatic carbocycles. The summed E-state index contributed by atoms with van der Waals surface area (Å²) in [6.45, 7) is 1.97. The number of hydrogen-bond acceptors (Lipinski definition) is 5. The van der Waals surface area contributed by atoms with E-state index < -0.39 is 18.4 Å². The second-order valence-electron chi connectivity index (χ2n) is 6.12. The maximum absolute atomic E-state index is 12.5. The van der Waals surface area contributed by atoms with Gasteiger partial charge in [0, 0.05) is 10.0 Å². The Balaban J connectivity index is 1.84. The third kappa shape index (κ3) is 5.01. The van der Waals surface area contributed by atoms with Gasteiger partial charge in [-0.1, -0.05) is 69.7 Å². The number of carboxylic acid groups (broad SMARTS) is 1. The van der Waals surface area contributed by atoms with E-state index in [1.807, 2.05) is 43.3 Å². The summed E-state index contributed by atoms with van der Waals surface area (Å²) in [7, 11) is 0. The van der Waals surface area contributed by atoms with Crippen LogP contribution in [0.3, 0.4) is 0 Å². The van der Waals surface area contributed by atoms with E-state index >= 15 is 0 Å². The van der Waals surface area contributed by atoms with Crippen LogP contribution in [0.15, 0.2) is 51.8 Å². The number of hydrogen-bond donors (Lipinski definition) is 1. The number of carboxylic acids is 1. The van der Waals surface area contributed by atoms with E-state index in [9.17, 15) is 9.59 Å². The van der Waals surface area contributed by atoms with Gasteiger partial charge in [0.25, 0.3) is 5.91 Å². The van der Waals surface area contributed by atoms with Crippen molar-refractivity contribution in [3.8, 4) is 5.75 Å². The topological polar surface area (TPSA) is 66.8 Å². The molecule has 8 heteroatoms. The lowest BCUT2D eigenvalue weighted by molar-refractivity contribution is -0.140. The molecule has 0 atom stereocenters. The van der Waals surface area contributed by atoms with Crippen molar-refractivity contribution in [2.75, 3.05) is 6.54 Å². The van der Waals surface area contributed by atoms with Crippen molar-refractivity contribution in [1.29, 1.82) is 0 Å². The van der Waals surface area contributed by atoms with E-state index in [1.54, 1.807) is 6.08 Å². The molecule has 1 fully saturated rings. The number of amides is 1. The van der Waals surface area contributed by atoms with Crippen LogP contribution in [-0.2, 0) is 16.2 Å². The minimum absolute atomic E-state index is 0.232. The highest BCUT2D eigenvalue weighted by Gasteiger charge is 2.33. The number of halogens is 1. The summed E-state index contributed by atoms with van der Waals surface area (Å²) in [5.41, 5.74) is 2.90. The molecule has 5 nitrogen and oxygen atoms in total. The van der Waals surface area contributed by atoms with Crippen LogP contribution < -0.4 is 4.74 Å². The maximum atomic E-state index is 12.5. The van der Waals surface area contributed by atoms with Crippen molar-refractivity contribution in [3.05, 3.63) is 68.5 Å². The third-order valence-corrected chi connectivity index (χ3v) is 5.77. The van der Waals surface area contributed by atoms with E-state index in [1.165, 1.54) is 0 Å². The predicted octanol–water partition coefficient (Wildman–Crippen LogP) is 4.62. The smallest absolute Gasteiger partial charge is 0.323 e. The summed E-state index contributed by atoms with van der Waals surface area (Å²) >= 11 is 9.66. The summed E-state index contributed by atoms with van der Waals surface area (Å²) in [4.78, 5) is 24.9. The van der Waals surface area contributed by atoms with Crippen LogP contribution >= 0.6 is 39.9 Å². The zero-order chi connectivity index (χ0) is 20.3. The van der Waals surface area contributed by atoms with Crippen molar-refractivity contribution < 1.29 is 19.4 Å². The number of ether oxygens (including phenoxy) is 1. The maximum Gasteiger partial charge on any atom is 0.323 e. The molecule has 0 bridgehead atoms. The van der Waals surface area contributed by atoms with Crippen molar-refractivity contribution in [2.45, 2.75) is 13.5 Å². The fourth-order valence-electron chi connectivity index (χ4n) is 2.64. The van der Waals surface area contributed by atoms with Gasteiger partial charge in [-0.05, 0) is 36.8 Å². The molecule has 1 amide bonds. The average Bonchev–Trinajstić information content (AvgIpc) is 2.88. The standard InChI is InChI=1S/C20H16BrNO4S2/c1-12-3-2-4-13(7-12)11-26-16-6-5-15(21)8-14(16)9-17-19(25)22(10-18(23)24)20(27)28-17/h2-9H,10-11H2,1H3,(H,23,24). The summed E-state index contributed by atoms with van der Waals surface area (Å²) in [6.07, 6.45) is 1.68. The molecule has 0 unspecified atom stereocenters. The van der Waals surface area contributed by atoms with Crippen LogP contribution in [0.5, 0.6) is 5.75 Å². The van der Waals surface area contributed by atoms with Crippen LogP contribution in [0.4, 0.5) is 0 Å². The Morgan fingerprint density at radius 3 is 2.82 bits per heavy atom. The zero-order valence-electron chi connectivity index (χ0n) is 14.8. The van der Waals surface area contributed by atoms with E-state index in [0.717, 1.165) is 32.3 Å². The lowest BCUT2D eigenvalue weighted by atomic mass is 10.1. The molecule has 3 rings (SSSR count). The highest BCUT2D eigenvalue weighted by atomic mass is 79.9.